The molecule has 1 heterocycles. The molecule has 7 heteroatoms. The maximum Gasteiger partial charge on any atom is 0.254 e. The van der Waals surface area contributed by atoms with Crippen molar-refractivity contribution in [2.75, 3.05) is 32.8 Å². The lowest BCUT2D eigenvalue weighted by molar-refractivity contribution is -0.123. The van der Waals surface area contributed by atoms with Gasteiger partial charge in [-0.25, -0.2) is 5.43 Å². The van der Waals surface area contributed by atoms with Crippen molar-refractivity contribution in [3.63, 3.8) is 0 Å². The van der Waals surface area contributed by atoms with E-state index in [1.807, 2.05) is 53.4 Å². The third-order valence-corrected chi connectivity index (χ3v) is 4.60. The van der Waals surface area contributed by atoms with E-state index in [1.54, 1.807) is 6.21 Å². The fraction of sp³-hybridized carbons (Fsp3) is 0.300. The van der Waals surface area contributed by atoms with E-state index in [0.717, 1.165) is 34.4 Å². The Labute approximate surface area is 167 Å². The molecule has 1 amide bonds. The summed E-state index contributed by atoms with van der Waals surface area (Å²) >= 11 is 3.42. The Balaban J connectivity index is 1.42. The Hall–Kier alpha value is -2.22. The lowest BCUT2D eigenvalue weighted by Gasteiger charge is -2.25. The summed E-state index contributed by atoms with van der Waals surface area (Å²) in [5.41, 5.74) is 4.55. The number of nitrogens with zero attached hydrogens (tertiary/aromatic N) is 2. The van der Waals surface area contributed by atoms with Crippen LogP contribution < -0.4 is 10.2 Å². The fourth-order valence-electron chi connectivity index (χ4n) is 2.57. The number of hydrogen-bond acceptors (Lipinski definition) is 5. The lowest BCUT2D eigenvalue weighted by Crippen LogP contribution is -2.42. The van der Waals surface area contributed by atoms with Crippen LogP contribution in [0.1, 0.15) is 11.1 Å². The average molecular weight is 432 g/mol. The number of nitrogens with one attached hydrogen (secondary N) is 1. The molecule has 1 aliphatic heterocycles. The van der Waals surface area contributed by atoms with E-state index in [1.165, 1.54) is 0 Å². The summed E-state index contributed by atoms with van der Waals surface area (Å²) in [5, 5.41) is 4.01. The van der Waals surface area contributed by atoms with Crippen molar-refractivity contribution in [2.45, 2.75) is 6.61 Å². The number of hydrazone groups is 1. The minimum Gasteiger partial charge on any atom is -0.489 e. The summed E-state index contributed by atoms with van der Waals surface area (Å²) in [4.78, 5) is 13.9. The van der Waals surface area contributed by atoms with Crippen molar-refractivity contribution >= 4 is 28.1 Å². The first kappa shape index (κ1) is 19.5. The van der Waals surface area contributed by atoms with Crippen LogP contribution >= 0.6 is 15.9 Å². The molecule has 1 aliphatic rings. The number of amides is 1. The van der Waals surface area contributed by atoms with Gasteiger partial charge in [0.05, 0.1) is 26.0 Å². The zero-order valence-corrected chi connectivity index (χ0v) is 16.5. The van der Waals surface area contributed by atoms with E-state index >= 15 is 0 Å². The van der Waals surface area contributed by atoms with Crippen LogP contribution in [-0.4, -0.2) is 49.9 Å². The smallest absolute Gasteiger partial charge is 0.254 e. The van der Waals surface area contributed by atoms with Gasteiger partial charge >= 0.3 is 0 Å². The van der Waals surface area contributed by atoms with Gasteiger partial charge in [-0.05, 0) is 47.5 Å². The molecule has 6 nitrogen and oxygen atoms in total. The van der Waals surface area contributed by atoms with Crippen molar-refractivity contribution in [3.05, 3.63) is 64.1 Å². The van der Waals surface area contributed by atoms with Gasteiger partial charge in [0, 0.05) is 17.6 Å². The third kappa shape index (κ3) is 6.78. The first-order valence-electron chi connectivity index (χ1n) is 8.78. The van der Waals surface area contributed by atoms with Crippen LogP contribution in [0.3, 0.4) is 0 Å². The van der Waals surface area contributed by atoms with Crippen LogP contribution in [0, 0.1) is 0 Å². The summed E-state index contributed by atoms with van der Waals surface area (Å²) in [6.07, 6.45) is 1.62. The molecule has 0 atom stereocenters. The molecule has 1 N–H and O–H groups in total. The quantitative estimate of drug-likeness (QED) is 0.540. The Morgan fingerprint density at radius 3 is 2.56 bits per heavy atom. The SMILES string of the molecule is O=C(CN1CCOCC1)N/N=C\c1ccc(OCc2ccc(Br)cc2)cc1. The van der Waals surface area contributed by atoms with E-state index in [2.05, 4.69) is 26.5 Å². The molecule has 0 aliphatic carbocycles. The number of ether oxygens (including phenoxy) is 2. The molecular weight excluding hydrogens is 410 g/mol. The van der Waals surface area contributed by atoms with Crippen molar-refractivity contribution in [1.82, 2.24) is 10.3 Å². The number of carbonyl (C=O) groups is 1. The standard InChI is InChI=1S/C20H22BrN3O3/c21-18-5-1-17(2-6-18)15-27-19-7-3-16(4-8-19)13-22-23-20(25)14-24-9-11-26-12-10-24/h1-8,13H,9-12,14-15H2,(H,23,25)/b22-13-. The predicted molar refractivity (Wildman–Crippen MR) is 108 cm³/mol. The third-order valence-electron chi connectivity index (χ3n) is 4.07. The molecule has 3 rings (SSSR count). The molecule has 0 saturated carbocycles. The summed E-state index contributed by atoms with van der Waals surface area (Å²) in [5.74, 6) is 0.661. The highest BCUT2D eigenvalue weighted by Gasteiger charge is 2.13. The highest BCUT2D eigenvalue weighted by molar-refractivity contribution is 9.10. The van der Waals surface area contributed by atoms with Gasteiger partial charge in [-0.15, -0.1) is 0 Å². The van der Waals surface area contributed by atoms with Crippen LogP contribution in [0.4, 0.5) is 0 Å². The molecule has 142 valence electrons. The maximum absolute atomic E-state index is 11.9. The zero-order valence-electron chi connectivity index (χ0n) is 14.9. The minimum atomic E-state index is -0.123. The van der Waals surface area contributed by atoms with E-state index in [0.29, 0.717) is 26.4 Å². The second-order valence-electron chi connectivity index (χ2n) is 6.17. The van der Waals surface area contributed by atoms with Crippen LogP contribution in [0.2, 0.25) is 0 Å². The van der Waals surface area contributed by atoms with Gasteiger partial charge in [-0.2, -0.15) is 5.10 Å². The second kappa shape index (κ2) is 10.2. The van der Waals surface area contributed by atoms with Crippen LogP contribution in [0.25, 0.3) is 0 Å². The normalized spacial score (nSPS) is 15.0. The number of rotatable bonds is 7. The van der Waals surface area contributed by atoms with Crippen molar-refractivity contribution in [1.29, 1.82) is 0 Å². The molecule has 0 spiro atoms. The van der Waals surface area contributed by atoms with Gasteiger partial charge < -0.3 is 9.47 Å². The summed E-state index contributed by atoms with van der Waals surface area (Å²) in [6.45, 7) is 3.75. The van der Waals surface area contributed by atoms with Crippen molar-refractivity contribution in [2.24, 2.45) is 5.10 Å². The van der Waals surface area contributed by atoms with Gasteiger partial charge in [0.2, 0.25) is 0 Å². The monoisotopic (exact) mass is 431 g/mol. The highest BCUT2D eigenvalue weighted by Crippen LogP contribution is 2.15. The number of hydrogen-bond donors (Lipinski definition) is 1. The fourth-order valence-corrected chi connectivity index (χ4v) is 2.84. The lowest BCUT2D eigenvalue weighted by atomic mass is 10.2. The number of halogens is 1. The molecular formula is C20H22BrN3O3. The first-order chi connectivity index (χ1) is 13.2. The van der Waals surface area contributed by atoms with Gasteiger partial charge in [-0.3, -0.25) is 9.69 Å². The molecule has 0 unspecified atom stereocenters. The Morgan fingerprint density at radius 2 is 1.85 bits per heavy atom. The molecule has 1 fully saturated rings. The average Bonchev–Trinajstić information content (AvgIpc) is 2.69. The van der Waals surface area contributed by atoms with Gasteiger partial charge in [-0.1, -0.05) is 28.1 Å². The Morgan fingerprint density at radius 1 is 1.15 bits per heavy atom. The van der Waals surface area contributed by atoms with E-state index in [9.17, 15) is 4.79 Å². The van der Waals surface area contributed by atoms with E-state index in [-0.39, 0.29) is 5.91 Å². The zero-order chi connectivity index (χ0) is 18.9. The molecule has 1 saturated heterocycles. The second-order valence-corrected chi connectivity index (χ2v) is 7.08. The molecule has 2 aromatic rings. The van der Waals surface area contributed by atoms with Gasteiger partial charge in [0.25, 0.3) is 5.91 Å². The summed E-state index contributed by atoms with van der Waals surface area (Å²) in [6, 6.07) is 15.6. The number of morpholine rings is 1. The first-order valence-corrected chi connectivity index (χ1v) is 9.58. The maximum atomic E-state index is 11.9. The van der Waals surface area contributed by atoms with Crippen LogP contribution in [0.15, 0.2) is 58.1 Å². The Kier molecular flexibility index (Phi) is 7.38. The van der Waals surface area contributed by atoms with Crippen LogP contribution in [0.5, 0.6) is 5.75 Å². The molecule has 27 heavy (non-hydrogen) atoms. The largest absolute Gasteiger partial charge is 0.489 e. The summed E-state index contributed by atoms with van der Waals surface area (Å²) < 4.78 is 12.1. The van der Waals surface area contributed by atoms with Crippen LogP contribution in [-0.2, 0) is 16.1 Å². The number of benzene rings is 2. The summed E-state index contributed by atoms with van der Waals surface area (Å²) in [7, 11) is 0. The predicted octanol–water partition coefficient (Wildman–Crippen LogP) is 2.81. The molecule has 2 aromatic carbocycles. The molecule has 0 bridgehead atoms. The topological polar surface area (TPSA) is 63.2 Å². The molecule has 0 radical (unpaired) electrons. The highest BCUT2D eigenvalue weighted by atomic mass is 79.9. The van der Waals surface area contributed by atoms with Crippen molar-refractivity contribution in [3.8, 4) is 5.75 Å². The minimum absolute atomic E-state index is 0.123. The van der Waals surface area contributed by atoms with Gasteiger partial charge in [0.15, 0.2) is 0 Å². The molecule has 0 aromatic heterocycles. The number of carbonyl (C=O) groups excluding carboxylic acids is 1. The van der Waals surface area contributed by atoms with E-state index < -0.39 is 0 Å². The van der Waals surface area contributed by atoms with Gasteiger partial charge in [0.1, 0.15) is 12.4 Å². The van der Waals surface area contributed by atoms with Crippen molar-refractivity contribution < 1.29 is 14.3 Å². The van der Waals surface area contributed by atoms with E-state index in [4.69, 9.17) is 9.47 Å². The Bertz CT molecular complexity index is 757.